The van der Waals surface area contributed by atoms with Crippen molar-refractivity contribution in [2.24, 2.45) is 4.99 Å². The molecular formula is C18H32N4O3. The average molecular weight is 352 g/mol. The van der Waals surface area contributed by atoms with Crippen molar-refractivity contribution >= 4 is 12.1 Å². The van der Waals surface area contributed by atoms with Gasteiger partial charge in [0.05, 0.1) is 6.54 Å². The van der Waals surface area contributed by atoms with E-state index in [-0.39, 0.29) is 6.09 Å². The van der Waals surface area contributed by atoms with Gasteiger partial charge in [-0.3, -0.25) is 0 Å². The molecule has 0 fully saturated rings. The van der Waals surface area contributed by atoms with Crippen LogP contribution in [-0.4, -0.2) is 37.3 Å². The number of hydrogen-bond acceptors (Lipinski definition) is 4. The van der Waals surface area contributed by atoms with Crippen molar-refractivity contribution in [2.75, 3.05) is 19.6 Å². The number of aliphatic imine (C=N–C) groups is 1. The summed E-state index contributed by atoms with van der Waals surface area (Å²) in [6.45, 7) is 14.0. The van der Waals surface area contributed by atoms with Crippen molar-refractivity contribution < 1.29 is 13.9 Å². The molecule has 0 radical (unpaired) electrons. The lowest BCUT2D eigenvalue weighted by atomic mass is 10.2. The lowest BCUT2D eigenvalue weighted by molar-refractivity contribution is 0.0527. The third-order valence-corrected chi connectivity index (χ3v) is 3.21. The molecule has 25 heavy (non-hydrogen) atoms. The molecule has 0 aromatic carbocycles. The molecule has 0 unspecified atom stereocenters. The monoisotopic (exact) mass is 352 g/mol. The minimum atomic E-state index is -0.475. The number of amides is 1. The van der Waals surface area contributed by atoms with Crippen LogP contribution in [0.1, 0.15) is 51.2 Å². The number of nitrogens with zero attached hydrogens (tertiary/aromatic N) is 1. The zero-order valence-corrected chi connectivity index (χ0v) is 16.3. The van der Waals surface area contributed by atoms with E-state index in [1.807, 2.05) is 47.6 Å². The van der Waals surface area contributed by atoms with Gasteiger partial charge in [0.2, 0.25) is 0 Å². The first kappa shape index (κ1) is 20.9. The topological polar surface area (TPSA) is 87.9 Å². The molecule has 1 amide bonds. The smallest absolute Gasteiger partial charge is 0.407 e. The van der Waals surface area contributed by atoms with E-state index < -0.39 is 5.60 Å². The molecule has 0 aliphatic carbocycles. The van der Waals surface area contributed by atoms with Crippen molar-refractivity contribution in [3.63, 3.8) is 0 Å². The molecule has 0 saturated carbocycles. The van der Waals surface area contributed by atoms with Gasteiger partial charge in [-0.2, -0.15) is 0 Å². The van der Waals surface area contributed by atoms with Crippen molar-refractivity contribution in [1.29, 1.82) is 0 Å². The number of hydrogen-bond donors (Lipinski definition) is 3. The van der Waals surface area contributed by atoms with Crippen LogP contribution in [0.3, 0.4) is 0 Å². The molecule has 0 saturated heterocycles. The Balaban J connectivity index is 2.34. The van der Waals surface area contributed by atoms with Gasteiger partial charge in [0, 0.05) is 25.2 Å². The number of guanidine groups is 1. The maximum absolute atomic E-state index is 11.6. The number of nitrogens with one attached hydrogen (secondary N) is 3. The summed E-state index contributed by atoms with van der Waals surface area (Å²) in [5.74, 6) is 2.55. The maximum atomic E-state index is 11.6. The molecule has 3 N–H and O–H groups in total. The predicted molar refractivity (Wildman–Crippen MR) is 99.9 cm³/mol. The highest BCUT2D eigenvalue weighted by Gasteiger charge is 2.15. The van der Waals surface area contributed by atoms with E-state index in [1.165, 1.54) is 0 Å². The molecule has 7 nitrogen and oxygen atoms in total. The molecule has 0 spiro atoms. The molecule has 1 aromatic rings. The number of carbonyl (C=O) groups excluding carboxylic acids is 1. The lowest BCUT2D eigenvalue weighted by Crippen LogP contribution is -2.39. The second-order valence-corrected chi connectivity index (χ2v) is 6.84. The quantitative estimate of drug-likeness (QED) is 0.399. The summed E-state index contributed by atoms with van der Waals surface area (Å²) in [7, 11) is 0. The fraction of sp³-hybridized carbons (Fsp3) is 0.667. The minimum Gasteiger partial charge on any atom is -0.466 e. The van der Waals surface area contributed by atoms with Crippen LogP contribution >= 0.6 is 0 Å². The van der Waals surface area contributed by atoms with Crippen molar-refractivity contribution in [1.82, 2.24) is 16.0 Å². The second kappa shape index (κ2) is 9.96. The largest absolute Gasteiger partial charge is 0.466 e. The highest BCUT2D eigenvalue weighted by Crippen LogP contribution is 2.14. The molecule has 0 atom stereocenters. The van der Waals surface area contributed by atoms with Crippen LogP contribution in [0.4, 0.5) is 4.79 Å². The Bertz CT molecular complexity index is 573. The maximum Gasteiger partial charge on any atom is 0.407 e. The fourth-order valence-corrected chi connectivity index (χ4v) is 2.15. The first-order valence-electron chi connectivity index (χ1n) is 8.76. The molecule has 7 heteroatoms. The van der Waals surface area contributed by atoms with Crippen molar-refractivity contribution in [2.45, 2.75) is 60.1 Å². The van der Waals surface area contributed by atoms with Gasteiger partial charge in [0.1, 0.15) is 17.1 Å². The molecule has 0 aliphatic rings. The lowest BCUT2D eigenvalue weighted by Gasteiger charge is -2.19. The van der Waals surface area contributed by atoms with Crippen LogP contribution in [0.5, 0.6) is 0 Å². The predicted octanol–water partition coefficient (Wildman–Crippen LogP) is 2.87. The van der Waals surface area contributed by atoms with Crippen molar-refractivity contribution in [3.05, 3.63) is 23.2 Å². The third-order valence-electron chi connectivity index (χ3n) is 3.21. The van der Waals surface area contributed by atoms with Gasteiger partial charge in [-0.1, -0.05) is 0 Å². The minimum absolute atomic E-state index is 0.390. The number of ether oxygens (including phenoxy) is 1. The Morgan fingerprint density at radius 3 is 2.44 bits per heavy atom. The number of rotatable bonds is 7. The summed E-state index contributed by atoms with van der Waals surface area (Å²) in [6, 6.07) is 2.01. The normalized spacial score (nSPS) is 12.0. The van der Waals surface area contributed by atoms with E-state index in [2.05, 4.69) is 20.9 Å². The van der Waals surface area contributed by atoms with Crippen LogP contribution in [0.2, 0.25) is 0 Å². The summed E-state index contributed by atoms with van der Waals surface area (Å²) in [5, 5.41) is 9.20. The Kier molecular flexibility index (Phi) is 8.31. The number of alkyl carbamates (subject to hydrolysis) is 1. The van der Waals surface area contributed by atoms with E-state index in [4.69, 9.17) is 9.15 Å². The van der Waals surface area contributed by atoms with Gasteiger partial charge in [-0.15, -0.1) is 0 Å². The van der Waals surface area contributed by atoms with Crippen LogP contribution in [0.15, 0.2) is 15.5 Å². The molecule has 0 bridgehead atoms. The second-order valence-electron chi connectivity index (χ2n) is 6.84. The van der Waals surface area contributed by atoms with Crippen LogP contribution in [0.25, 0.3) is 0 Å². The van der Waals surface area contributed by atoms with E-state index in [0.29, 0.717) is 19.6 Å². The average Bonchev–Trinajstić information content (AvgIpc) is 2.80. The van der Waals surface area contributed by atoms with Gasteiger partial charge >= 0.3 is 6.09 Å². The van der Waals surface area contributed by atoms with Gasteiger partial charge < -0.3 is 25.1 Å². The Labute approximate surface area is 150 Å². The SMILES string of the molecule is CCNC(=NCc1cc(C)oc1C)NCCCNC(=O)OC(C)(C)C. The van der Waals surface area contributed by atoms with Gasteiger partial charge in [0.25, 0.3) is 0 Å². The summed E-state index contributed by atoms with van der Waals surface area (Å²) in [5.41, 5.74) is 0.609. The molecule has 1 rings (SSSR count). The number of aryl methyl sites for hydroxylation is 2. The zero-order valence-electron chi connectivity index (χ0n) is 16.3. The van der Waals surface area contributed by atoms with Gasteiger partial charge in [-0.25, -0.2) is 9.79 Å². The number of carbonyl (C=O) groups is 1. The van der Waals surface area contributed by atoms with Crippen molar-refractivity contribution in [3.8, 4) is 0 Å². The summed E-state index contributed by atoms with van der Waals surface area (Å²) < 4.78 is 10.7. The van der Waals surface area contributed by atoms with Gasteiger partial charge in [-0.05, 0) is 54.0 Å². The fourth-order valence-electron chi connectivity index (χ4n) is 2.15. The molecule has 0 aliphatic heterocycles. The zero-order chi connectivity index (χ0) is 18.9. The van der Waals surface area contributed by atoms with E-state index in [1.54, 1.807) is 0 Å². The Hall–Kier alpha value is -2.18. The highest BCUT2D eigenvalue weighted by atomic mass is 16.6. The Morgan fingerprint density at radius 1 is 1.20 bits per heavy atom. The molecule has 142 valence electrons. The standard InChI is InChI=1S/C18H32N4O3/c1-7-19-16(22-12-15-11-13(2)24-14(15)3)20-9-8-10-21-17(23)25-18(4,5)6/h11H,7-10,12H2,1-6H3,(H,21,23)(H2,19,20,22). The number of furan rings is 1. The molecule has 1 aromatic heterocycles. The summed E-state index contributed by atoms with van der Waals surface area (Å²) >= 11 is 0. The summed E-state index contributed by atoms with van der Waals surface area (Å²) in [6.07, 6.45) is 0.381. The van der Waals surface area contributed by atoms with Gasteiger partial charge in [0.15, 0.2) is 5.96 Å². The first-order valence-corrected chi connectivity index (χ1v) is 8.76. The van der Waals surface area contributed by atoms with Crippen LogP contribution < -0.4 is 16.0 Å². The van der Waals surface area contributed by atoms with Crippen LogP contribution in [0, 0.1) is 13.8 Å². The van der Waals surface area contributed by atoms with E-state index in [0.717, 1.165) is 36.0 Å². The first-order chi connectivity index (χ1) is 11.7. The van der Waals surface area contributed by atoms with Crippen LogP contribution in [-0.2, 0) is 11.3 Å². The molecule has 1 heterocycles. The highest BCUT2D eigenvalue weighted by molar-refractivity contribution is 5.79. The summed E-state index contributed by atoms with van der Waals surface area (Å²) in [4.78, 5) is 16.1. The molecular weight excluding hydrogens is 320 g/mol. The van der Waals surface area contributed by atoms with E-state index in [9.17, 15) is 4.79 Å². The third kappa shape index (κ3) is 9.02. The van der Waals surface area contributed by atoms with E-state index >= 15 is 0 Å². The Morgan fingerprint density at radius 2 is 1.88 bits per heavy atom.